The number of para-hydroxylation sites is 1. The monoisotopic (exact) mass is 429 g/mol. The van der Waals surface area contributed by atoms with Gasteiger partial charge >= 0.3 is 0 Å². The largest absolute Gasteiger partial charge is 0.342 e. The average Bonchev–Trinajstić information content (AvgIpc) is 3.03. The second-order valence-electron chi connectivity index (χ2n) is 7.23. The summed E-state index contributed by atoms with van der Waals surface area (Å²) < 4.78 is 29.1. The van der Waals surface area contributed by atoms with Crippen molar-refractivity contribution in [2.75, 3.05) is 18.8 Å². The van der Waals surface area contributed by atoms with Crippen LogP contribution in [0.2, 0.25) is 0 Å². The van der Waals surface area contributed by atoms with Crippen molar-refractivity contribution in [2.24, 2.45) is 0 Å². The number of fused-ring (bicyclic) bond motifs is 1. The summed E-state index contributed by atoms with van der Waals surface area (Å²) in [6.07, 6.45) is 4.20. The lowest BCUT2D eigenvalue weighted by Crippen LogP contribution is -2.33. The molecule has 1 amide bonds. The van der Waals surface area contributed by atoms with Gasteiger partial charge in [0.25, 0.3) is 5.56 Å². The third-order valence-electron chi connectivity index (χ3n) is 5.18. The van der Waals surface area contributed by atoms with Crippen molar-refractivity contribution in [3.05, 3.63) is 64.5 Å². The predicted octanol–water partition coefficient (Wildman–Crippen LogP) is 4.16. The zero-order valence-corrected chi connectivity index (χ0v) is 17.1. The van der Waals surface area contributed by atoms with E-state index in [1.165, 1.54) is 6.07 Å². The molecule has 0 unspecified atom stereocenters. The Balaban J connectivity index is 1.72. The molecule has 3 aromatic rings. The summed E-state index contributed by atoms with van der Waals surface area (Å²) in [5.41, 5.74) is -0.0915. The highest BCUT2D eigenvalue weighted by Gasteiger charge is 2.20. The number of carbonyl (C=O) groups is 1. The molecule has 5 nitrogen and oxygen atoms in total. The van der Waals surface area contributed by atoms with Gasteiger partial charge in [0.1, 0.15) is 11.6 Å². The highest BCUT2D eigenvalue weighted by Crippen LogP contribution is 2.24. The molecular weight excluding hydrogens is 408 g/mol. The smallest absolute Gasteiger partial charge is 0.266 e. The van der Waals surface area contributed by atoms with Crippen molar-refractivity contribution in [1.29, 1.82) is 0 Å². The molecule has 0 atom stereocenters. The van der Waals surface area contributed by atoms with Crippen molar-refractivity contribution < 1.29 is 13.6 Å². The summed E-state index contributed by atoms with van der Waals surface area (Å²) in [6.45, 7) is 1.45. The molecule has 30 heavy (non-hydrogen) atoms. The van der Waals surface area contributed by atoms with E-state index in [9.17, 15) is 18.4 Å². The summed E-state index contributed by atoms with van der Waals surface area (Å²) in [4.78, 5) is 32.2. The van der Waals surface area contributed by atoms with Crippen molar-refractivity contribution in [3.63, 3.8) is 0 Å². The van der Waals surface area contributed by atoms with Crippen molar-refractivity contribution in [2.45, 2.75) is 30.8 Å². The van der Waals surface area contributed by atoms with Crippen molar-refractivity contribution in [3.8, 4) is 5.69 Å². The summed E-state index contributed by atoms with van der Waals surface area (Å²) in [6, 6.07) is 9.80. The fraction of sp³-hybridized carbons (Fsp3) is 0.318. The molecule has 0 aliphatic carbocycles. The van der Waals surface area contributed by atoms with Crippen LogP contribution in [0.25, 0.3) is 16.6 Å². The molecule has 2 aromatic carbocycles. The number of benzene rings is 2. The molecule has 1 aromatic heterocycles. The number of aromatic nitrogens is 2. The normalized spacial score (nSPS) is 14.7. The summed E-state index contributed by atoms with van der Waals surface area (Å²) >= 11 is 1.09. The van der Waals surface area contributed by atoms with Crippen LogP contribution in [0, 0.1) is 11.6 Å². The van der Waals surface area contributed by atoms with Gasteiger partial charge in [-0.15, -0.1) is 0 Å². The predicted molar refractivity (Wildman–Crippen MR) is 113 cm³/mol. The van der Waals surface area contributed by atoms with Crippen LogP contribution < -0.4 is 5.56 Å². The lowest BCUT2D eigenvalue weighted by molar-refractivity contribution is -0.128. The maximum absolute atomic E-state index is 14.5. The van der Waals surface area contributed by atoms with E-state index in [-0.39, 0.29) is 22.5 Å². The first-order chi connectivity index (χ1) is 14.5. The van der Waals surface area contributed by atoms with E-state index >= 15 is 0 Å². The quantitative estimate of drug-likeness (QED) is 0.462. The maximum Gasteiger partial charge on any atom is 0.266 e. The average molecular weight is 429 g/mol. The van der Waals surface area contributed by atoms with Gasteiger partial charge in [0, 0.05) is 19.2 Å². The highest BCUT2D eigenvalue weighted by atomic mass is 32.2. The first-order valence-corrected chi connectivity index (χ1v) is 10.9. The fourth-order valence-corrected chi connectivity index (χ4v) is 4.53. The Morgan fingerprint density at radius 3 is 2.50 bits per heavy atom. The lowest BCUT2D eigenvalue weighted by atomic mass is 10.2. The summed E-state index contributed by atoms with van der Waals surface area (Å²) in [5.74, 6) is -1.54. The highest BCUT2D eigenvalue weighted by molar-refractivity contribution is 7.99. The number of carbonyl (C=O) groups excluding carboxylic acids is 1. The second kappa shape index (κ2) is 8.95. The van der Waals surface area contributed by atoms with Crippen LogP contribution in [0.4, 0.5) is 8.78 Å². The Morgan fingerprint density at radius 1 is 1.03 bits per heavy atom. The SMILES string of the molecule is O=C(CSc1nc2ccccc2c(=O)n1-c1ccc(F)cc1F)N1CCCCCC1. The molecule has 0 radical (unpaired) electrons. The van der Waals surface area contributed by atoms with Gasteiger partial charge in [0.15, 0.2) is 5.16 Å². The van der Waals surface area contributed by atoms with E-state index in [0.717, 1.165) is 67.2 Å². The van der Waals surface area contributed by atoms with E-state index in [4.69, 9.17) is 0 Å². The van der Waals surface area contributed by atoms with Crippen LogP contribution >= 0.6 is 11.8 Å². The van der Waals surface area contributed by atoms with Crippen molar-refractivity contribution in [1.82, 2.24) is 14.5 Å². The molecule has 1 aliphatic rings. The Kier molecular flexibility index (Phi) is 6.13. The molecule has 2 heterocycles. The molecule has 1 saturated heterocycles. The number of hydrogen-bond acceptors (Lipinski definition) is 4. The van der Waals surface area contributed by atoms with Crippen LogP contribution in [0.1, 0.15) is 25.7 Å². The number of amides is 1. The molecule has 0 bridgehead atoms. The fourth-order valence-electron chi connectivity index (χ4n) is 3.62. The van der Waals surface area contributed by atoms with Gasteiger partial charge in [0.2, 0.25) is 5.91 Å². The molecule has 1 fully saturated rings. The number of halogens is 2. The van der Waals surface area contributed by atoms with Crippen LogP contribution in [0.3, 0.4) is 0 Å². The Morgan fingerprint density at radius 2 is 1.77 bits per heavy atom. The molecule has 1 aliphatic heterocycles. The van der Waals surface area contributed by atoms with Gasteiger partial charge in [-0.3, -0.25) is 14.2 Å². The number of hydrogen-bond donors (Lipinski definition) is 0. The molecule has 0 N–H and O–H groups in total. The van der Waals surface area contributed by atoms with Crippen LogP contribution in [-0.4, -0.2) is 39.2 Å². The minimum absolute atomic E-state index is 0.0320. The molecule has 0 saturated carbocycles. The van der Waals surface area contributed by atoms with Gasteiger partial charge < -0.3 is 4.90 Å². The number of thioether (sulfide) groups is 1. The molecule has 156 valence electrons. The molecule has 0 spiro atoms. The van der Waals surface area contributed by atoms with Gasteiger partial charge in [-0.1, -0.05) is 36.7 Å². The third-order valence-corrected chi connectivity index (χ3v) is 6.10. The Bertz CT molecular complexity index is 1140. The van der Waals surface area contributed by atoms with Gasteiger partial charge in [-0.25, -0.2) is 13.8 Å². The van der Waals surface area contributed by atoms with Crippen molar-refractivity contribution >= 4 is 28.6 Å². The molecule has 8 heteroatoms. The zero-order valence-electron chi connectivity index (χ0n) is 16.3. The van der Waals surface area contributed by atoms with Gasteiger partial charge in [0.05, 0.1) is 22.3 Å². The second-order valence-corrected chi connectivity index (χ2v) is 8.17. The zero-order chi connectivity index (χ0) is 21.1. The van der Waals surface area contributed by atoms with Crippen LogP contribution in [0.15, 0.2) is 52.4 Å². The van der Waals surface area contributed by atoms with E-state index in [1.807, 2.05) is 4.90 Å². The first kappa shape index (κ1) is 20.5. The molecule has 4 rings (SSSR count). The number of rotatable bonds is 4. The minimum atomic E-state index is -0.866. The first-order valence-electron chi connectivity index (χ1n) is 9.92. The number of likely N-dealkylation sites (tertiary alicyclic amines) is 1. The Hall–Kier alpha value is -2.74. The lowest BCUT2D eigenvalue weighted by Gasteiger charge is -2.20. The van der Waals surface area contributed by atoms with Crippen LogP contribution in [0.5, 0.6) is 0 Å². The van der Waals surface area contributed by atoms with E-state index in [0.29, 0.717) is 10.9 Å². The summed E-state index contributed by atoms with van der Waals surface area (Å²) in [7, 11) is 0. The van der Waals surface area contributed by atoms with E-state index in [1.54, 1.807) is 24.3 Å². The number of nitrogens with zero attached hydrogens (tertiary/aromatic N) is 3. The maximum atomic E-state index is 14.5. The molecular formula is C22H21F2N3O2S. The van der Waals surface area contributed by atoms with Crippen LogP contribution in [-0.2, 0) is 4.79 Å². The standard InChI is InChI=1S/C22H21F2N3O2S/c23-15-9-10-19(17(24)13-15)27-21(29)16-7-3-4-8-18(16)25-22(27)30-14-20(28)26-11-5-1-2-6-12-26/h3-4,7-10,13H,1-2,5-6,11-12,14H2. The van der Waals surface area contributed by atoms with Gasteiger partial charge in [-0.05, 0) is 37.1 Å². The van der Waals surface area contributed by atoms with E-state index in [2.05, 4.69) is 4.98 Å². The van der Waals surface area contributed by atoms with Gasteiger partial charge in [-0.2, -0.15) is 0 Å². The summed E-state index contributed by atoms with van der Waals surface area (Å²) in [5, 5.41) is 0.525. The minimum Gasteiger partial charge on any atom is -0.342 e. The Labute approximate surface area is 176 Å². The van der Waals surface area contributed by atoms with E-state index < -0.39 is 17.2 Å². The topological polar surface area (TPSA) is 55.2 Å². The third kappa shape index (κ3) is 4.23.